The molecule has 0 spiro atoms. The summed E-state index contributed by atoms with van der Waals surface area (Å²) in [5.74, 6) is 1.19. The standard InChI is InChI=1S/C21H33N3O5S2/c1-29-20-8-3-6-16-9-12-23-15-17-7-4-11-24(18(17)14-19(23)21(16)20)31(27,28)13-5-10-22-30(2,25)26/h3,6,8,17-19,22H,4-5,7,9-15H2,1-2H3/t17-,18+,19-/m0/s1. The molecule has 8 nitrogen and oxygen atoms in total. The van der Waals surface area contributed by atoms with Crippen LogP contribution in [0.15, 0.2) is 18.2 Å². The van der Waals surface area contributed by atoms with Crippen molar-refractivity contribution >= 4 is 20.0 Å². The summed E-state index contributed by atoms with van der Waals surface area (Å²) in [4.78, 5) is 2.51. The molecule has 0 saturated carbocycles. The van der Waals surface area contributed by atoms with E-state index in [9.17, 15) is 16.8 Å². The molecule has 174 valence electrons. The number of piperidine rings is 2. The van der Waals surface area contributed by atoms with Crippen LogP contribution in [0.25, 0.3) is 0 Å². The van der Waals surface area contributed by atoms with E-state index in [2.05, 4.69) is 15.7 Å². The Hall–Kier alpha value is -1.20. The average molecular weight is 472 g/mol. The van der Waals surface area contributed by atoms with Crippen LogP contribution in [0.1, 0.15) is 42.9 Å². The highest BCUT2D eigenvalue weighted by atomic mass is 32.2. The minimum absolute atomic E-state index is 0.0151. The molecule has 3 atom stereocenters. The fraction of sp³-hybridized carbons (Fsp3) is 0.714. The number of hydrogen-bond acceptors (Lipinski definition) is 6. The molecule has 3 heterocycles. The number of methoxy groups -OCH3 is 1. The van der Waals surface area contributed by atoms with E-state index in [0.717, 1.165) is 50.8 Å². The third kappa shape index (κ3) is 4.93. The van der Waals surface area contributed by atoms with E-state index in [-0.39, 0.29) is 30.8 Å². The molecule has 1 aromatic carbocycles. The van der Waals surface area contributed by atoms with Crippen LogP contribution in [0.3, 0.4) is 0 Å². The lowest BCUT2D eigenvalue weighted by Gasteiger charge is -2.52. The molecule has 2 fully saturated rings. The SMILES string of the molecule is COc1cccc2c1[C@@H]1C[C@@H]3[C@@H](CCCN3S(=O)(=O)CCCNS(C)(=O)=O)CN1CC2. The van der Waals surface area contributed by atoms with Gasteiger partial charge < -0.3 is 4.74 Å². The van der Waals surface area contributed by atoms with E-state index < -0.39 is 20.0 Å². The number of hydrogen-bond donors (Lipinski definition) is 1. The highest BCUT2D eigenvalue weighted by Gasteiger charge is 2.46. The van der Waals surface area contributed by atoms with Gasteiger partial charge in [-0.1, -0.05) is 12.1 Å². The third-order valence-electron chi connectivity index (χ3n) is 6.92. The van der Waals surface area contributed by atoms with Crippen molar-refractivity contribution in [2.75, 3.05) is 45.3 Å². The Kier molecular flexibility index (Phi) is 6.65. The van der Waals surface area contributed by atoms with Gasteiger partial charge in [0.1, 0.15) is 5.75 Å². The van der Waals surface area contributed by atoms with Crippen LogP contribution in [0, 0.1) is 5.92 Å². The molecule has 0 amide bonds. The molecule has 3 aliphatic rings. The van der Waals surface area contributed by atoms with Gasteiger partial charge in [0, 0.05) is 43.8 Å². The lowest BCUT2D eigenvalue weighted by Crippen LogP contribution is -2.57. The predicted molar refractivity (Wildman–Crippen MR) is 120 cm³/mol. The van der Waals surface area contributed by atoms with E-state index in [1.165, 1.54) is 11.1 Å². The topological polar surface area (TPSA) is 96.0 Å². The van der Waals surface area contributed by atoms with Crippen molar-refractivity contribution in [3.63, 3.8) is 0 Å². The van der Waals surface area contributed by atoms with Gasteiger partial charge >= 0.3 is 0 Å². The molecule has 31 heavy (non-hydrogen) atoms. The molecule has 4 rings (SSSR count). The predicted octanol–water partition coefficient (Wildman–Crippen LogP) is 1.35. The summed E-state index contributed by atoms with van der Waals surface area (Å²) in [6.45, 7) is 2.60. The van der Waals surface area contributed by atoms with E-state index in [1.807, 2.05) is 12.1 Å². The first kappa shape index (κ1) is 23.0. The average Bonchev–Trinajstić information content (AvgIpc) is 2.73. The normalized spacial score (nSPS) is 27.2. The number of fused-ring (bicyclic) bond motifs is 4. The maximum Gasteiger partial charge on any atom is 0.214 e. The Morgan fingerprint density at radius 2 is 2.00 bits per heavy atom. The maximum atomic E-state index is 13.2. The van der Waals surface area contributed by atoms with Gasteiger partial charge in [-0.05, 0) is 49.7 Å². The van der Waals surface area contributed by atoms with Crippen LogP contribution >= 0.6 is 0 Å². The number of rotatable bonds is 7. The molecular formula is C21H33N3O5S2. The van der Waals surface area contributed by atoms with Crippen LogP contribution in [-0.4, -0.2) is 77.4 Å². The first-order chi connectivity index (χ1) is 14.7. The lowest BCUT2D eigenvalue weighted by atomic mass is 9.77. The lowest BCUT2D eigenvalue weighted by molar-refractivity contribution is 0.0210. The van der Waals surface area contributed by atoms with Gasteiger partial charge in [-0.3, -0.25) is 4.90 Å². The zero-order valence-electron chi connectivity index (χ0n) is 18.3. The molecule has 10 heteroatoms. The van der Waals surface area contributed by atoms with Crippen LogP contribution in [0.4, 0.5) is 0 Å². The van der Waals surface area contributed by atoms with E-state index in [1.54, 1.807) is 11.4 Å². The van der Waals surface area contributed by atoms with Gasteiger partial charge in [0.2, 0.25) is 20.0 Å². The van der Waals surface area contributed by atoms with Crippen LogP contribution in [-0.2, 0) is 26.5 Å². The monoisotopic (exact) mass is 471 g/mol. The summed E-state index contributed by atoms with van der Waals surface area (Å²) >= 11 is 0. The summed E-state index contributed by atoms with van der Waals surface area (Å²) < 4.78 is 58.7. The van der Waals surface area contributed by atoms with Crippen molar-refractivity contribution in [2.45, 2.75) is 44.2 Å². The molecule has 0 aliphatic carbocycles. The Morgan fingerprint density at radius 3 is 2.74 bits per heavy atom. The second-order valence-electron chi connectivity index (χ2n) is 8.95. The fourth-order valence-electron chi connectivity index (χ4n) is 5.58. The number of benzene rings is 1. The minimum atomic E-state index is -3.45. The van der Waals surface area contributed by atoms with Gasteiger partial charge in [-0.25, -0.2) is 21.6 Å². The molecular weight excluding hydrogens is 438 g/mol. The highest BCUT2D eigenvalue weighted by molar-refractivity contribution is 7.89. The number of nitrogens with one attached hydrogen (secondary N) is 1. The second-order valence-corrected chi connectivity index (χ2v) is 12.8. The number of ether oxygens (including phenoxy) is 1. The van der Waals surface area contributed by atoms with Gasteiger partial charge in [0.25, 0.3) is 0 Å². The molecule has 2 saturated heterocycles. The summed E-state index contributed by atoms with van der Waals surface area (Å²) in [6.07, 6.45) is 5.06. The zero-order chi connectivity index (χ0) is 22.2. The summed E-state index contributed by atoms with van der Waals surface area (Å²) in [5.41, 5.74) is 2.52. The first-order valence-electron chi connectivity index (χ1n) is 11.0. The summed E-state index contributed by atoms with van der Waals surface area (Å²) in [7, 11) is -5.07. The highest BCUT2D eigenvalue weighted by Crippen LogP contribution is 2.46. The van der Waals surface area contributed by atoms with Crippen LogP contribution in [0.5, 0.6) is 5.75 Å². The van der Waals surface area contributed by atoms with E-state index in [0.29, 0.717) is 12.5 Å². The smallest absolute Gasteiger partial charge is 0.214 e. The van der Waals surface area contributed by atoms with Crippen LogP contribution < -0.4 is 9.46 Å². The summed E-state index contributed by atoms with van der Waals surface area (Å²) in [6, 6.07) is 6.34. The quantitative estimate of drug-likeness (QED) is 0.603. The van der Waals surface area contributed by atoms with Gasteiger partial charge in [-0.15, -0.1) is 0 Å². The molecule has 0 radical (unpaired) electrons. The molecule has 3 aliphatic heterocycles. The Labute approximate surface area is 186 Å². The van der Waals surface area contributed by atoms with Crippen molar-refractivity contribution in [1.82, 2.24) is 13.9 Å². The van der Waals surface area contributed by atoms with Gasteiger partial charge in [0.05, 0.1) is 19.1 Å². The van der Waals surface area contributed by atoms with Crippen molar-refractivity contribution < 1.29 is 21.6 Å². The van der Waals surface area contributed by atoms with Gasteiger partial charge in [0.15, 0.2) is 0 Å². The molecule has 0 unspecified atom stereocenters. The minimum Gasteiger partial charge on any atom is -0.496 e. The van der Waals surface area contributed by atoms with E-state index >= 15 is 0 Å². The van der Waals surface area contributed by atoms with Crippen LogP contribution in [0.2, 0.25) is 0 Å². The fourth-order valence-corrected chi connectivity index (χ4v) is 7.92. The Balaban J connectivity index is 1.53. The molecule has 0 aromatic heterocycles. The molecule has 1 N–H and O–H groups in total. The Morgan fingerprint density at radius 1 is 1.19 bits per heavy atom. The number of nitrogens with zero attached hydrogens (tertiary/aromatic N) is 2. The number of sulfonamides is 2. The zero-order valence-corrected chi connectivity index (χ0v) is 19.9. The van der Waals surface area contributed by atoms with Crippen molar-refractivity contribution in [3.8, 4) is 5.75 Å². The Bertz CT molecular complexity index is 998. The van der Waals surface area contributed by atoms with Crippen molar-refractivity contribution in [3.05, 3.63) is 29.3 Å². The first-order valence-corrected chi connectivity index (χ1v) is 14.5. The molecule has 0 bridgehead atoms. The maximum absolute atomic E-state index is 13.2. The van der Waals surface area contributed by atoms with Crippen molar-refractivity contribution in [2.24, 2.45) is 5.92 Å². The third-order valence-corrected chi connectivity index (χ3v) is 9.62. The molecule has 1 aromatic rings. The second kappa shape index (κ2) is 8.97. The largest absolute Gasteiger partial charge is 0.496 e. The van der Waals surface area contributed by atoms with Crippen molar-refractivity contribution in [1.29, 1.82) is 0 Å². The summed E-state index contributed by atoms with van der Waals surface area (Å²) in [5, 5.41) is 0. The van der Waals surface area contributed by atoms with Gasteiger partial charge in [-0.2, -0.15) is 4.31 Å². The van der Waals surface area contributed by atoms with E-state index in [4.69, 9.17) is 4.74 Å².